The number of aryl methyl sites for hydroxylation is 2. The van der Waals surface area contributed by atoms with Crippen molar-refractivity contribution in [3.63, 3.8) is 0 Å². The molecule has 0 bridgehead atoms. The van der Waals surface area contributed by atoms with Gasteiger partial charge in [-0.2, -0.15) is 0 Å². The van der Waals surface area contributed by atoms with Gasteiger partial charge in [-0.25, -0.2) is 14.8 Å². The molecule has 0 aliphatic heterocycles. The highest BCUT2D eigenvalue weighted by atomic mass is 16.7. The first-order valence-electron chi connectivity index (χ1n) is 10.5. The van der Waals surface area contributed by atoms with Gasteiger partial charge in [-0.15, -0.1) is 0 Å². The number of carbonyl (C=O) groups is 1. The predicted molar refractivity (Wildman–Crippen MR) is 121 cm³/mol. The lowest BCUT2D eigenvalue weighted by molar-refractivity contribution is 0.144. The summed E-state index contributed by atoms with van der Waals surface area (Å²) in [6.07, 6.45) is 1.80. The molecule has 0 aliphatic rings. The van der Waals surface area contributed by atoms with Crippen LogP contribution >= 0.6 is 0 Å². The summed E-state index contributed by atoms with van der Waals surface area (Å²) in [6, 6.07) is 19.2. The second-order valence-electron chi connectivity index (χ2n) is 7.57. The van der Waals surface area contributed by atoms with E-state index in [4.69, 9.17) is 19.8 Å². The largest absolute Gasteiger partial charge is 0.511 e. The zero-order valence-corrected chi connectivity index (χ0v) is 17.7. The molecular weight excluding hydrogens is 390 g/mol. The summed E-state index contributed by atoms with van der Waals surface area (Å²) in [6.45, 7) is 4.85. The summed E-state index contributed by atoms with van der Waals surface area (Å²) in [7, 11) is 0. The molecule has 1 N–H and O–H groups in total. The van der Waals surface area contributed by atoms with Gasteiger partial charge in [0.25, 0.3) is 0 Å². The van der Waals surface area contributed by atoms with Crippen LogP contribution in [0.25, 0.3) is 22.3 Å². The molecule has 158 valence electrons. The van der Waals surface area contributed by atoms with E-state index in [1.165, 1.54) is 0 Å². The van der Waals surface area contributed by atoms with Crippen molar-refractivity contribution < 1.29 is 14.6 Å². The molecule has 4 aromatic rings. The molecule has 0 saturated heterocycles. The van der Waals surface area contributed by atoms with Crippen LogP contribution in [-0.4, -0.2) is 25.8 Å². The number of pyridine rings is 1. The van der Waals surface area contributed by atoms with E-state index in [0.717, 1.165) is 58.6 Å². The van der Waals surface area contributed by atoms with E-state index in [1.54, 1.807) is 12.1 Å². The highest BCUT2D eigenvalue weighted by Crippen LogP contribution is 2.30. The maximum atomic E-state index is 11.0. The molecule has 4 rings (SSSR count). The molecule has 0 fully saturated rings. The summed E-state index contributed by atoms with van der Waals surface area (Å²) >= 11 is 0. The molecule has 6 heteroatoms. The Hall–Kier alpha value is -3.67. The van der Waals surface area contributed by atoms with Crippen molar-refractivity contribution in [1.82, 2.24) is 14.5 Å². The molecule has 0 aliphatic carbocycles. The molecule has 2 aromatic heterocycles. The Kier molecular flexibility index (Phi) is 5.98. The normalized spacial score (nSPS) is 11.0. The lowest BCUT2D eigenvalue weighted by Crippen LogP contribution is -2.06. The summed E-state index contributed by atoms with van der Waals surface area (Å²) in [5.41, 5.74) is 5.58. The van der Waals surface area contributed by atoms with Crippen LogP contribution in [0.5, 0.6) is 5.75 Å². The summed E-state index contributed by atoms with van der Waals surface area (Å²) in [5, 5.41) is 8.98. The predicted octanol–water partition coefficient (Wildman–Crippen LogP) is 5.85. The number of fused-ring (bicyclic) bond motifs is 1. The van der Waals surface area contributed by atoms with Crippen LogP contribution in [0.2, 0.25) is 0 Å². The van der Waals surface area contributed by atoms with Gasteiger partial charge in [0.05, 0.1) is 6.54 Å². The van der Waals surface area contributed by atoms with Crippen LogP contribution in [0.3, 0.4) is 0 Å². The van der Waals surface area contributed by atoms with Crippen LogP contribution in [0.15, 0.2) is 60.7 Å². The fourth-order valence-corrected chi connectivity index (χ4v) is 3.70. The van der Waals surface area contributed by atoms with Gasteiger partial charge >= 0.3 is 6.16 Å². The summed E-state index contributed by atoms with van der Waals surface area (Å²) < 4.78 is 7.13. The fourth-order valence-electron chi connectivity index (χ4n) is 3.70. The monoisotopic (exact) mass is 415 g/mol. The number of benzene rings is 2. The summed E-state index contributed by atoms with van der Waals surface area (Å²) in [5.74, 6) is 1.38. The zero-order chi connectivity index (χ0) is 21.8. The first kappa shape index (κ1) is 20.6. The Labute approximate surface area is 181 Å². The second kappa shape index (κ2) is 9.00. The lowest BCUT2D eigenvalue weighted by Gasteiger charge is -2.11. The fraction of sp³-hybridized carbons (Fsp3) is 0.240. The molecule has 6 nitrogen and oxygen atoms in total. The van der Waals surface area contributed by atoms with Gasteiger partial charge in [0.15, 0.2) is 5.65 Å². The maximum absolute atomic E-state index is 11.0. The van der Waals surface area contributed by atoms with E-state index in [1.807, 2.05) is 43.3 Å². The smallest absolute Gasteiger partial charge is 0.449 e. The molecule has 2 aromatic carbocycles. The Morgan fingerprint density at radius 3 is 2.55 bits per heavy atom. The average molecular weight is 415 g/mol. The third-order valence-corrected chi connectivity index (χ3v) is 5.25. The molecule has 31 heavy (non-hydrogen) atoms. The van der Waals surface area contributed by atoms with Crippen LogP contribution in [-0.2, 0) is 13.0 Å². The average Bonchev–Trinajstić information content (AvgIpc) is 3.09. The SMILES string of the molecule is CCCCc1nc2ccc(C)nc2n1Cc1ccc(-c2ccccc2OC(=O)O)cc1. The number of unbranched alkanes of at least 4 members (excludes halogenated alkanes) is 1. The molecule has 0 spiro atoms. The minimum absolute atomic E-state index is 0.324. The third-order valence-electron chi connectivity index (χ3n) is 5.25. The highest BCUT2D eigenvalue weighted by molar-refractivity contribution is 5.74. The van der Waals surface area contributed by atoms with Gasteiger partial charge < -0.3 is 14.4 Å². The van der Waals surface area contributed by atoms with Gasteiger partial charge in [0.2, 0.25) is 0 Å². The Morgan fingerprint density at radius 2 is 1.81 bits per heavy atom. The number of para-hydroxylation sites is 1. The van der Waals surface area contributed by atoms with Crippen molar-refractivity contribution in [2.45, 2.75) is 39.7 Å². The lowest BCUT2D eigenvalue weighted by atomic mass is 10.0. The number of hydrogen-bond donors (Lipinski definition) is 1. The number of imidazole rings is 1. The van der Waals surface area contributed by atoms with Crippen molar-refractivity contribution >= 4 is 17.3 Å². The molecule has 0 saturated carbocycles. The van der Waals surface area contributed by atoms with E-state index >= 15 is 0 Å². The number of hydrogen-bond acceptors (Lipinski definition) is 4. The molecule has 0 unspecified atom stereocenters. The van der Waals surface area contributed by atoms with Crippen molar-refractivity contribution in [3.8, 4) is 16.9 Å². The standard InChI is InChI=1S/C25H25N3O3/c1-3-4-9-23-27-21-15-10-17(2)26-24(21)28(23)16-18-11-13-19(14-12-18)20-7-5-6-8-22(20)31-25(29)30/h5-8,10-15H,3-4,9,16H2,1-2H3,(H,29,30). The quantitative estimate of drug-likeness (QED) is 0.302. The number of aromatic nitrogens is 3. The van der Waals surface area contributed by atoms with E-state index < -0.39 is 6.16 Å². The number of nitrogens with zero attached hydrogens (tertiary/aromatic N) is 3. The van der Waals surface area contributed by atoms with E-state index in [2.05, 4.69) is 23.6 Å². The Bertz CT molecular complexity index is 1210. The van der Waals surface area contributed by atoms with Crippen molar-refractivity contribution in [2.75, 3.05) is 0 Å². The van der Waals surface area contributed by atoms with E-state index in [0.29, 0.717) is 12.3 Å². The van der Waals surface area contributed by atoms with Crippen LogP contribution in [0.4, 0.5) is 4.79 Å². The maximum Gasteiger partial charge on any atom is 0.511 e. The van der Waals surface area contributed by atoms with Gasteiger partial charge in [0.1, 0.15) is 17.1 Å². The van der Waals surface area contributed by atoms with Crippen molar-refractivity contribution in [1.29, 1.82) is 0 Å². The van der Waals surface area contributed by atoms with Gasteiger partial charge in [-0.1, -0.05) is 55.8 Å². The molecule has 0 atom stereocenters. The van der Waals surface area contributed by atoms with Gasteiger partial charge in [-0.3, -0.25) is 0 Å². The number of rotatable bonds is 7. The zero-order valence-electron chi connectivity index (χ0n) is 17.7. The molecular formula is C25H25N3O3. The highest BCUT2D eigenvalue weighted by Gasteiger charge is 2.13. The first-order valence-corrected chi connectivity index (χ1v) is 10.5. The first-order chi connectivity index (χ1) is 15.0. The minimum Gasteiger partial charge on any atom is -0.449 e. The number of ether oxygens (including phenoxy) is 1. The Balaban J connectivity index is 1.65. The van der Waals surface area contributed by atoms with E-state index in [-0.39, 0.29) is 0 Å². The molecule has 0 radical (unpaired) electrons. The van der Waals surface area contributed by atoms with Gasteiger partial charge in [-0.05, 0) is 42.7 Å². The number of carboxylic acid groups (broad SMARTS) is 1. The molecule has 2 heterocycles. The molecule has 0 amide bonds. The summed E-state index contributed by atoms with van der Waals surface area (Å²) in [4.78, 5) is 20.5. The van der Waals surface area contributed by atoms with Crippen molar-refractivity contribution in [3.05, 3.63) is 77.7 Å². The Morgan fingerprint density at radius 1 is 1.03 bits per heavy atom. The second-order valence-corrected chi connectivity index (χ2v) is 7.57. The minimum atomic E-state index is -1.32. The van der Waals surface area contributed by atoms with Crippen LogP contribution < -0.4 is 4.74 Å². The topological polar surface area (TPSA) is 77.2 Å². The van der Waals surface area contributed by atoms with Crippen LogP contribution in [0.1, 0.15) is 36.8 Å². The van der Waals surface area contributed by atoms with E-state index in [9.17, 15) is 4.79 Å². The van der Waals surface area contributed by atoms with Gasteiger partial charge in [0, 0.05) is 17.7 Å². The van der Waals surface area contributed by atoms with Crippen molar-refractivity contribution in [2.24, 2.45) is 0 Å². The third kappa shape index (κ3) is 4.58. The van der Waals surface area contributed by atoms with Crippen LogP contribution in [0, 0.1) is 6.92 Å².